The first-order valence-corrected chi connectivity index (χ1v) is 8.82. The first-order chi connectivity index (χ1) is 9.62. The summed E-state index contributed by atoms with van der Waals surface area (Å²) in [5.74, 6) is 1.18. The van der Waals surface area contributed by atoms with Crippen molar-refractivity contribution in [1.82, 2.24) is 4.72 Å². The molecule has 1 saturated carbocycles. The fourth-order valence-corrected chi connectivity index (χ4v) is 3.70. The average Bonchev–Trinajstić information content (AvgIpc) is 2.47. The summed E-state index contributed by atoms with van der Waals surface area (Å²) in [4.78, 5) is 0.303. The van der Waals surface area contributed by atoms with E-state index in [9.17, 15) is 8.42 Å². The van der Waals surface area contributed by atoms with Crippen LogP contribution in [0.3, 0.4) is 0 Å². The molecule has 0 aliphatic heterocycles. The minimum atomic E-state index is -3.40. The van der Waals surface area contributed by atoms with E-state index in [4.69, 9.17) is 4.74 Å². The van der Waals surface area contributed by atoms with Gasteiger partial charge in [-0.2, -0.15) is 0 Å². The third-order valence-electron chi connectivity index (χ3n) is 3.73. The second kappa shape index (κ2) is 7.09. The van der Waals surface area contributed by atoms with Gasteiger partial charge in [0, 0.05) is 6.54 Å². The Kier molecular flexibility index (Phi) is 5.43. The normalized spacial score (nSPS) is 17.1. The highest BCUT2D eigenvalue weighted by atomic mass is 32.2. The van der Waals surface area contributed by atoms with Crippen molar-refractivity contribution in [3.63, 3.8) is 0 Å². The standard InChI is InChI=1S/C15H23NO3S/c1-2-19-14-8-10-15(11-9-14)20(17,18)16-12-13-6-4-3-5-7-13/h8-11,13,16H,2-7,12H2,1H3. The summed E-state index contributed by atoms with van der Waals surface area (Å²) in [6.45, 7) is 3.03. The maximum atomic E-state index is 12.2. The largest absolute Gasteiger partial charge is 0.494 e. The fraction of sp³-hybridized carbons (Fsp3) is 0.600. The van der Waals surface area contributed by atoms with Gasteiger partial charge in [0.25, 0.3) is 0 Å². The summed E-state index contributed by atoms with van der Waals surface area (Å²) in [6, 6.07) is 6.57. The zero-order valence-corrected chi connectivity index (χ0v) is 12.8. The molecular weight excluding hydrogens is 274 g/mol. The molecule has 0 saturated heterocycles. The van der Waals surface area contributed by atoms with Gasteiger partial charge in [-0.3, -0.25) is 0 Å². The summed E-state index contributed by atoms with van der Waals surface area (Å²) < 4.78 is 32.4. The lowest BCUT2D eigenvalue weighted by molar-refractivity contribution is 0.340. The molecular formula is C15H23NO3S. The van der Waals surface area contributed by atoms with Crippen LogP contribution < -0.4 is 9.46 Å². The second-order valence-corrected chi connectivity index (χ2v) is 7.03. The Morgan fingerprint density at radius 2 is 1.80 bits per heavy atom. The zero-order chi connectivity index (χ0) is 14.4. The van der Waals surface area contributed by atoms with Gasteiger partial charge in [-0.05, 0) is 49.9 Å². The van der Waals surface area contributed by atoms with Crippen LogP contribution >= 0.6 is 0 Å². The molecule has 0 unspecified atom stereocenters. The Morgan fingerprint density at radius 3 is 2.40 bits per heavy atom. The highest BCUT2D eigenvalue weighted by Crippen LogP contribution is 2.23. The molecule has 4 nitrogen and oxygen atoms in total. The van der Waals surface area contributed by atoms with Crippen molar-refractivity contribution in [2.45, 2.75) is 43.9 Å². The molecule has 20 heavy (non-hydrogen) atoms. The van der Waals surface area contributed by atoms with Gasteiger partial charge in [0.2, 0.25) is 10.0 Å². The van der Waals surface area contributed by atoms with Gasteiger partial charge in [-0.1, -0.05) is 19.3 Å². The monoisotopic (exact) mass is 297 g/mol. The first kappa shape index (κ1) is 15.3. The number of benzene rings is 1. The molecule has 0 heterocycles. The molecule has 0 aromatic heterocycles. The Labute approximate surface area is 121 Å². The predicted octanol–water partition coefficient (Wildman–Crippen LogP) is 2.94. The maximum absolute atomic E-state index is 12.2. The van der Waals surface area contributed by atoms with Gasteiger partial charge < -0.3 is 4.74 Å². The molecule has 1 aromatic carbocycles. The zero-order valence-electron chi connectivity index (χ0n) is 12.0. The summed E-state index contributed by atoms with van der Waals surface area (Å²) >= 11 is 0. The van der Waals surface area contributed by atoms with Crippen LogP contribution in [0, 0.1) is 5.92 Å². The van der Waals surface area contributed by atoms with Crippen LogP contribution in [0.25, 0.3) is 0 Å². The van der Waals surface area contributed by atoms with Gasteiger partial charge in [0.1, 0.15) is 5.75 Å². The first-order valence-electron chi connectivity index (χ1n) is 7.34. The number of hydrogen-bond acceptors (Lipinski definition) is 3. The lowest BCUT2D eigenvalue weighted by atomic mass is 9.90. The minimum Gasteiger partial charge on any atom is -0.494 e. The van der Waals surface area contributed by atoms with E-state index in [1.807, 2.05) is 6.92 Å². The Balaban J connectivity index is 1.94. The van der Waals surface area contributed by atoms with E-state index in [0.29, 0.717) is 29.7 Å². The summed E-state index contributed by atoms with van der Waals surface area (Å²) in [5.41, 5.74) is 0. The van der Waals surface area contributed by atoms with Crippen molar-refractivity contribution in [2.75, 3.05) is 13.2 Å². The average molecular weight is 297 g/mol. The van der Waals surface area contributed by atoms with Crippen LogP contribution in [-0.4, -0.2) is 21.6 Å². The molecule has 1 fully saturated rings. The molecule has 5 heteroatoms. The van der Waals surface area contributed by atoms with Gasteiger partial charge >= 0.3 is 0 Å². The molecule has 0 atom stereocenters. The smallest absolute Gasteiger partial charge is 0.240 e. The molecule has 1 aliphatic rings. The van der Waals surface area contributed by atoms with E-state index >= 15 is 0 Å². The highest BCUT2D eigenvalue weighted by Gasteiger charge is 2.18. The number of hydrogen-bond donors (Lipinski definition) is 1. The minimum absolute atomic E-state index is 0.303. The fourth-order valence-electron chi connectivity index (χ4n) is 2.58. The van der Waals surface area contributed by atoms with Crippen LogP contribution in [-0.2, 0) is 10.0 Å². The van der Waals surface area contributed by atoms with Crippen molar-refractivity contribution in [1.29, 1.82) is 0 Å². The maximum Gasteiger partial charge on any atom is 0.240 e. The van der Waals surface area contributed by atoms with Gasteiger partial charge in [-0.25, -0.2) is 13.1 Å². The molecule has 0 spiro atoms. The van der Waals surface area contributed by atoms with Crippen LogP contribution in [0.15, 0.2) is 29.2 Å². The Bertz CT molecular complexity index is 504. The van der Waals surface area contributed by atoms with E-state index in [0.717, 1.165) is 12.8 Å². The Hall–Kier alpha value is -1.07. The topological polar surface area (TPSA) is 55.4 Å². The SMILES string of the molecule is CCOc1ccc(S(=O)(=O)NCC2CCCCC2)cc1. The molecule has 1 aliphatic carbocycles. The van der Waals surface area contributed by atoms with Crippen LogP contribution in [0.2, 0.25) is 0 Å². The van der Waals surface area contributed by atoms with Gasteiger partial charge in [0.15, 0.2) is 0 Å². The van der Waals surface area contributed by atoms with Crippen LogP contribution in [0.5, 0.6) is 5.75 Å². The Morgan fingerprint density at radius 1 is 1.15 bits per heavy atom. The van der Waals surface area contributed by atoms with E-state index in [1.165, 1.54) is 19.3 Å². The van der Waals surface area contributed by atoms with Crippen molar-refractivity contribution in [2.24, 2.45) is 5.92 Å². The third-order valence-corrected chi connectivity index (χ3v) is 5.17. The summed E-state index contributed by atoms with van der Waals surface area (Å²) in [5, 5.41) is 0. The lowest BCUT2D eigenvalue weighted by Gasteiger charge is -2.21. The quantitative estimate of drug-likeness (QED) is 0.878. The molecule has 0 amide bonds. The van der Waals surface area contributed by atoms with Crippen molar-refractivity contribution < 1.29 is 13.2 Å². The third kappa shape index (κ3) is 4.21. The number of nitrogens with one attached hydrogen (secondary N) is 1. The molecule has 2 rings (SSSR count). The molecule has 1 aromatic rings. The summed E-state index contributed by atoms with van der Waals surface area (Å²) in [6.07, 6.45) is 5.98. The van der Waals surface area contributed by atoms with Gasteiger partial charge in [0.05, 0.1) is 11.5 Å². The van der Waals surface area contributed by atoms with Crippen molar-refractivity contribution in [3.05, 3.63) is 24.3 Å². The van der Waals surface area contributed by atoms with Crippen molar-refractivity contribution >= 4 is 10.0 Å². The summed E-state index contributed by atoms with van der Waals surface area (Å²) in [7, 11) is -3.40. The van der Waals surface area contributed by atoms with Crippen molar-refractivity contribution in [3.8, 4) is 5.75 Å². The number of sulfonamides is 1. The van der Waals surface area contributed by atoms with E-state index in [2.05, 4.69) is 4.72 Å². The molecule has 0 radical (unpaired) electrons. The van der Waals surface area contributed by atoms with E-state index in [-0.39, 0.29) is 0 Å². The van der Waals surface area contributed by atoms with E-state index < -0.39 is 10.0 Å². The predicted molar refractivity (Wildman–Crippen MR) is 79.4 cm³/mol. The molecule has 0 bridgehead atoms. The lowest BCUT2D eigenvalue weighted by Crippen LogP contribution is -2.30. The van der Waals surface area contributed by atoms with Crippen LogP contribution in [0.4, 0.5) is 0 Å². The highest BCUT2D eigenvalue weighted by molar-refractivity contribution is 7.89. The molecule has 112 valence electrons. The second-order valence-electron chi connectivity index (χ2n) is 5.26. The van der Waals surface area contributed by atoms with Gasteiger partial charge in [-0.15, -0.1) is 0 Å². The number of ether oxygens (including phenoxy) is 1. The van der Waals surface area contributed by atoms with E-state index in [1.54, 1.807) is 24.3 Å². The van der Waals surface area contributed by atoms with Crippen LogP contribution in [0.1, 0.15) is 39.0 Å². The molecule has 1 N–H and O–H groups in total. The number of rotatable bonds is 6.